The third kappa shape index (κ3) is 5.37. The minimum absolute atomic E-state index is 0.0643. The quantitative estimate of drug-likeness (QED) is 0.213. The van der Waals surface area contributed by atoms with E-state index in [1.807, 2.05) is 0 Å². The van der Waals surface area contributed by atoms with Gasteiger partial charge in [0.15, 0.2) is 16.4 Å². The fourth-order valence-electron chi connectivity index (χ4n) is 2.03. The van der Waals surface area contributed by atoms with E-state index in [1.54, 1.807) is 0 Å². The summed E-state index contributed by atoms with van der Waals surface area (Å²) < 4.78 is 79.4. The number of benzene rings is 1. The number of alkyl halides is 3. The van der Waals surface area contributed by atoms with E-state index in [0.29, 0.717) is 12.3 Å². The highest BCUT2D eigenvalue weighted by Crippen LogP contribution is 2.31. The summed E-state index contributed by atoms with van der Waals surface area (Å²) in [6.45, 7) is 1.45. The van der Waals surface area contributed by atoms with Crippen LogP contribution in [0, 0.1) is 10.1 Å². The number of amidine groups is 1. The maximum absolute atomic E-state index is 12.9. The minimum atomic E-state index is -4.75. The molecule has 0 saturated heterocycles. The van der Waals surface area contributed by atoms with Gasteiger partial charge in [-0.05, 0) is 35.4 Å². The molecule has 0 aliphatic rings. The second kappa shape index (κ2) is 8.85. The number of aromatic nitrogens is 1. The number of non-ortho nitro benzene ring substituents is 1. The van der Waals surface area contributed by atoms with Crippen molar-refractivity contribution in [3.05, 3.63) is 57.9 Å². The lowest BCUT2D eigenvalue weighted by Gasteiger charge is -2.14. The standard InChI is InChI=1S/C15H13F3N4O6S2/c1-2-29(25)12-7-9(15(16,17)18)8-20-13(12)14(19)21-28-30(26,27)11-5-3-10(4-6-11)22(23)24/h3-8H,2H2,1H3,(H2,19,21)/t29-/m1/s1. The molecule has 0 saturated carbocycles. The Morgan fingerprint density at radius 1 is 1.33 bits per heavy atom. The summed E-state index contributed by atoms with van der Waals surface area (Å²) in [4.78, 5) is 12.5. The number of oxime groups is 1. The van der Waals surface area contributed by atoms with Crippen LogP contribution in [0.3, 0.4) is 0 Å². The zero-order valence-electron chi connectivity index (χ0n) is 15.0. The Bertz CT molecular complexity index is 1070. The maximum Gasteiger partial charge on any atom is 0.418 e. The molecule has 2 aromatic rings. The van der Waals surface area contributed by atoms with Gasteiger partial charge in [0.25, 0.3) is 5.69 Å². The van der Waals surface area contributed by atoms with Crippen molar-refractivity contribution >= 4 is 32.8 Å². The molecule has 1 atom stereocenters. The van der Waals surface area contributed by atoms with E-state index in [4.69, 9.17) is 5.73 Å². The third-order valence-electron chi connectivity index (χ3n) is 3.50. The van der Waals surface area contributed by atoms with Crippen molar-refractivity contribution in [1.29, 1.82) is 0 Å². The second-order valence-electron chi connectivity index (χ2n) is 5.46. The molecule has 0 fully saturated rings. The molecule has 2 rings (SSSR count). The molecule has 1 aromatic heterocycles. The average Bonchev–Trinajstić information content (AvgIpc) is 2.70. The monoisotopic (exact) mass is 466 g/mol. The Balaban J connectivity index is 2.37. The third-order valence-corrected chi connectivity index (χ3v) is 5.95. The van der Waals surface area contributed by atoms with E-state index in [9.17, 15) is 36.3 Å². The number of hydrogen-bond donors (Lipinski definition) is 1. The summed E-state index contributed by atoms with van der Waals surface area (Å²) in [5, 5.41) is 13.8. The van der Waals surface area contributed by atoms with Crippen LogP contribution in [-0.2, 0) is 31.8 Å². The van der Waals surface area contributed by atoms with Gasteiger partial charge in [-0.25, -0.2) is 4.98 Å². The molecule has 0 unspecified atom stereocenters. The van der Waals surface area contributed by atoms with Crippen LogP contribution in [0.5, 0.6) is 0 Å². The molecule has 0 aliphatic heterocycles. The lowest BCUT2D eigenvalue weighted by atomic mass is 10.2. The van der Waals surface area contributed by atoms with Crippen molar-refractivity contribution in [2.45, 2.75) is 22.9 Å². The summed E-state index contributed by atoms with van der Waals surface area (Å²) >= 11 is -1.93. The molecule has 0 radical (unpaired) electrons. The second-order valence-corrected chi connectivity index (χ2v) is 8.70. The Morgan fingerprint density at radius 3 is 2.43 bits per heavy atom. The normalized spacial score (nSPS) is 13.7. The summed E-state index contributed by atoms with van der Waals surface area (Å²) in [7, 11) is -4.55. The summed E-state index contributed by atoms with van der Waals surface area (Å²) in [5.41, 5.74) is 3.61. The zero-order chi connectivity index (χ0) is 22.7. The zero-order valence-corrected chi connectivity index (χ0v) is 16.6. The Labute approximate surface area is 171 Å². The van der Waals surface area contributed by atoms with Crippen LogP contribution >= 0.6 is 0 Å². The van der Waals surface area contributed by atoms with Gasteiger partial charge in [-0.3, -0.25) is 14.4 Å². The predicted octanol–water partition coefficient (Wildman–Crippen LogP) is 2.16. The van der Waals surface area contributed by atoms with Crippen LogP contribution in [0.2, 0.25) is 0 Å². The molecule has 0 bridgehead atoms. The molecule has 0 aliphatic carbocycles. The molecule has 10 nitrogen and oxygen atoms in total. The van der Waals surface area contributed by atoms with Gasteiger partial charge in [0.1, 0.15) is 10.6 Å². The number of rotatable bonds is 7. The Hall–Kier alpha value is -2.91. The molecule has 0 spiro atoms. The van der Waals surface area contributed by atoms with Gasteiger partial charge >= 0.3 is 16.3 Å². The first-order chi connectivity index (χ1) is 13.9. The highest BCUT2D eigenvalue weighted by atomic mass is 32.2. The maximum atomic E-state index is 12.9. The van der Waals surface area contributed by atoms with Gasteiger partial charge in [0, 0.05) is 24.4 Å². The largest absolute Gasteiger partial charge is 0.611 e. The van der Waals surface area contributed by atoms with Crippen LogP contribution in [0.4, 0.5) is 18.9 Å². The molecule has 30 heavy (non-hydrogen) atoms. The lowest BCUT2D eigenvalue weighted by Crippen LogP contribution is -2.22. The molecule has 1 aromatic carbocycles. The molecular weight excluding hydrogens is 453 g/mol. The van der Waals surface area contributed by atoms with Crippen LogP contribution in [0.1, 0.15) is 18.2 Å². The van der Waals surface area contributed by atoms with E-state index < -0.39 is 59.3 Å². The first kappa shape index (κ1) is 23.4. The van der Waals surface area contributed by atoms with Crippen molar-refractivity contribution in [3.8, 4) is 0 Å². The van der Waals surface area contributed by atoms with E-state index >= 15 is 0 Å². The van der Waals surface area contributed by atoms with Gasteiger partial charge in [-0.15, -0.1) is 0 Å². The Morgan fingerprint density at radius 2 is 1.93 bits per heavy atom. The van der Waals surface area contributed by atoms with Crippen molar-refractivity contribution in [1.82, 2.24) is 4.98 Å². The van der Waals surface area contributed by atoms with Crippen LogP contribution < -0.4 is 5.73 Å². The SMILES string of the molecule is CC[S@@+]([O-])c1cc(C(F)(F)F)cnc1/C(N)=N/OS(=O)(=O)c1ccc([N+](=O)[O-])cc1. The average molecular weight is 466 g/mol. The predicted molar refractivity (Wildman–Crippen MR) is 98.3 cm³/mol. The molecular formula is C15H13F3N4O6S2. The summed E-state index contributed by atoms with van der Waals surface area (Å²) in [5.74, 6) is -0.795. The highest BCUT2D eigenvalue weighted by Gasteiger charge is 2.34. The van der Waals surface area contributed by atoms with Crippen molar-refractivity contribution < 1.29 is 35.3 Å². The van der Waals surface area contributed by atoms with Crippen LogP contribution in [0.25, 0.3) is 0 Å². The number of nitro groups is 1. The van der Waals surface area contributed by atoms with Gasteiger partial charge in [-0.1, -0.05) is 0 Å². The summed E-state index contributed by atoms with van der Waals surface area (Å²) in [6, 6.07) is 4.21. The fraction of sp³-hybridized carbons (Fsp3) is 0.200. The van der Waals surface area contributed by atoms with Gasteiger partial charge in [0.05, 0.1) is 10.5 Å². The molecule has 0 amide bonds. The number of hydrogen-bond acceptors (Lipinski definition) is 8. The molecule has 15 heteroatoms. The van der Waals surface area contributed by atoms with Crippen molar-refractivity contribution in [3.63, 3.8) is 0 Å². The van der Waals surface area contributed by atoms with Crippen molar-refractivity contribution in [2.24, 2.45) is 10.9 Å². The topological polar surface area (TPSA) is 161 Å². The number of nitro benzene ring substituents is 1. The molecule has 162 valence electrons. The molecule has 2 N–H and O–H groups in total. The van der Waals surface area contributed by atoms with Crippen LogP contribution in [-0.4, -0.2) is 34.5 Å². The number of nitrogens with zero attached hydrogens (tertiary/aromatic N) is 3. The van der Waals surface area contributed by atoms with E-state index in [-0.39, 0.29) is 11.4 Å². The van der Waals surface area contributed by atoms with Gasteiger partial charge < -0.3 is 10.3 Å². The first-order valence-electron chi connectivity index (χ1n) is 7.84. The van der Waals surface area contributed by atoms with Gasteiger partial charge in [0.2, 0.25) is 0 Å². The van der Waals surface area contributed by atoms with Gasteiger partial charge in [-0.2, -0.15) is 21.6 Å². The van der Waals surface area contributed by atoms with E-state index in [0.717, 1.165) is 24.3 Å². The minimum Gasteiger partial charge on any atom is -0.611 e. The van der Waals surface area contributed by atoms with Crippen LogP contribution in [0.15, 0.2) is 51.5 Å². The molecule has 1 heterocycles. The smallest absolute Gasteiger partial charge is 0.418 e. The number of halogens is 3. The number of nitrogens with two attached hydrogens (primary N) is 1. The van der Waals surface area contributed by atoms with E-state index in [1.165, 1.54) is 6.92 Å². The fourth-order valence-corrected chi connectivity index (χ4v) is 3.71. The van der Waals surface area contributed by atoms with Crippen molar-refractivity contribution in [2.75, 3.05) is 5.75 Å². The first-order valence-corrected chi connectivity index (χ1v) is 10.6. The number of pyridine rings is 1. The lowest BCUT2D eigenvalue weighted by molar-refractivity contribution is -0.384. The van der Waals surface area contributed by atoms with E-state index in [2.05, 4.69) is 14.4 Å². The Kier molecular flexibility index (Phi) is 6.89. The highest BCUT2D eigenvalue weighted by molar-refractivity contribution is 7.91. The summed E-state index contributed by atoms with van der Waals surface area (Å²) in [6.07, 6.45) is -4.32.